The number of hydrogen-bond donors (Lipinski definition) is 2. The van der Waals surface area contributed by atoms with Crippen LogP contribution in [-0.2, 0) is 11.3 Å². The topological polar surface area (TPSA) is 56.8 Å². The predicted molar refractivity (Wildman–Crippen MR) is 126 cm³/mol. The summed E-state index contributed by atoms with van der Waals surface area (Å²) in [5, 5.41) is 5.82. The SMILES string of the molecule is CC1CN(c2ccc(NC(=O)NC3CCN(Cc4ccccc4)CC3)cc2F)CC(C)O1. The van der Waals surface area contributed by atoms with E-state index in [-0.39, 0.29) is 30.1 Å². The van der Waals surface area contributed by atoms with Crippen LogP contribution in [0.4, 0.5) is 20.6 Å². The summed E-state index contributed by atoms with van der Waals surface area (Å²) in [5.41, 5.74) is 2.31. The minimum Gasteiger partial charge on any atom is -0.372 e. The van der Waals surface area contributed by atoms with E-state index >= 15 is 0 Å². The van der Waals surface area contributed by atoms with Gasteiger partial charge in [-0.15, -0.1) is 0 Å². The molecule has 0 aromatic heterocycles. The molecule has 2 fully saturated rings. The van der Waals surface area contributed by atoms with E-state index in [9.17, 15) is 9.18 Å². The van der Waals surface area contributed by atoms with Gasteiger partial charge in [-0.3, -0.25) is 4.90 Å². The summed E-state index contributed by atoms with van der Waals surface area (Å²) < 4.78 is 20.5. The largest absolute Gasteiger partial charge is 0.372 e. The number of likely N-dealkylation sites (tertiary alicyclic amines) is 1. The summed E-state index contributed by atoms with van der Waals surface area (Å²) in [6.07, 6.45) is 1.92. The maximum Gasteiger partial charge on any atom is 0.319 e. The highest BCUT2D eigenvalue weighted by Gasteiger charge is 2.25. The first-order valence-electron chi connectivity index (χ1n) is 11.5. The molecule has 2 aliphatic heterocycles. The van der Waals surface area contributed by atoms with Gasteiger partial charge < -0.3 is 20.3 Å². The van der Waals surface area contributed by atoms with Crippen LogP contribution in [-0.4, -0.2) is 55.4 Å². The maximum absolute atomic E-state index is 14.8. The molecule has 0 radical (unpaired) electrons. The van der Waals surface area contributed by atoms with Gasteiger partial charge in [0.25, 0.3) is 0 Å². The Morgan fingerprint density at radius 1 is 1.06 bits per heavy atom. The van der Waals surface area contributed by atoms with E-state index in [1.54, 1.807) is 12.1 Å². The minimum absolute atomic E-state index is 0.0563. The first kappa shape index (κ1) is 22.6. The van der Waals surface area contributed by atoms with Gasteiger partial charge in [0.15, 0.2) is 0 Å². The van der Waals surface area contributed by atoms with Crippen molar-refractivity contribution < 1.29 is 13.9 Å². The second-order valence-electron chi connectivity index (χ2n) is 8.96. The quantitative estimate of drug-likeness (QED) is 0.731. The number of rotatable bonds is 5. The molecule has 32 heavy (non-hydrogen) atoms. The lowest BCUT2D eigenvalue weighted by atomic mass is 10.0. The van der Waals surface area contributed by atoms with E-state index < -0.39 is 0 Å². The molecule has 2 unspecified atom stereocenters. The monoisotopic (exact) mass is 440 g/mol. The number of carbonyl (C=O) groups is 1. The predicted octanol–water partition coefficient (Wildman–Crippen LogP) is 4.23. The van der Waals surface area contributed by atoms with E-state index in [2.05, 4.69) is 39.8 Å². The summed E-state index contributed by atoms with van der Waals surface area (Å²) in [7, 11) is 0. The molecular formula is C25H33FN4O2. The Kier molecular flexibility index (Phi) is 7.27. The molecule has 2 atom stereocenters. The van der Waals surface area contributed by atoms with Gasteiger partial charge in [-0.05, 0) is 50.5 Å². The fraction of sp³-hybridized carbons (Fsp3) is 0.480. The standard InChI is InChI=1S/C25H33FN4O2/c1-18-15-30(16-19(2)32-18)24-9-8-22(14-23(24)26)28-25(31)27-21-10-12-29(13-11-21)17-20-6-4-3-5-7-20/h3-9,14,18-19,21H,10-13,15-17H2,1-2H3,(H2,27,28,31). The highest BCUT2D eigenvalue weighted by atomic mass is 19.1. The molecule has 4 rings (SSSR count). The van der Waals surface area contributed by atoms with Crippen LogP contribution >= 0.6 is 0 Å². The molecule has 2 aromatic carbocycles. The van der Waals surface area contributed by atoms with Crippen LogP contribution in [0.5, 0.6) is 0 Å². The third kappa shape index (κ3) is 5.99. The number of hydrogen-bond acceptors (Lipinski definition) is 4. The normalized spacial score (nSPS) is 22.5. The Morgan fingerprint density at radius 2 is 1.75 bits per heavy atom. The van der Waals surface area contributed by atoms with Crippen molar-refractivity contribution in [3.8, 4) is 0 Å². The fourth-order valence-corrected chi connectivity index (χ4v) is 4.65. The molecule has 2 N–H and O–H groups in total. The van der Waals surface area contributed by atoms with E-state index in [0.717, 1.165) is 32.5 Å². The van der Waals surface area contributed by atoms with Gasteiger partial charge in [0.05, 0.1) is 17.9 Å². The van der Waals surface area contributed by atoms with E-state index in [4.69, 9.17) is 4.74 Å². The molecular weight excluding hydrogens is 407 g/mol. The van der Waals surface area contributed by atoms with Gasteiger partial charge in [0.1, 0.15) is 5.82 Å². The number of nitrogens with zero attached hydrogens (tertiary/aromatic N) is 2. The first-order chi connectivity index (χ1) is 15.5. The number of amides is 2. The van der Waals surface area contributed by atoms with E-state index in [1.807, 2.05) is 24.8 Å². The molecule has 2 saturated heterocycles. The third-order valence-corrected chi connectivity index (χ3v) is 6.14. The smallest absolute Gasteiger partial charge is 0.319 e. The van der Waals surface area contributed by atoms with Gasteiger partial charge in [-0.2, -0.15) is 0 Å². The molecule has 2 amide bonds. The molecule has 0 bridgehead atoms. The van der Waals surface area contributed by atoms with Crippen molar-refractivity contribution in [1.29, 1.82) is 0 Å². The van der Waals surface area contributed by atoms with Crippen LogP contribution in [0, 0.1) is 5.82 Å². The summed E-state index contributed by atoms with van der Waals surface area (Å²) in [6, 6.07) is 15.2. The number of piperidine rings is 1. The summed E-state index contributed by atoms with van der Waals surface area (Å²) in [5.74, 6) is -0.335. The lowest BCUT2D eigenvalue weighted by Gasteiger charge is -2.37. The van der Waals surface area contributed by atoms with Crippen molar-refractivity contribution in [2.24, 2.45) is 0 Å². The zero-order valence-electron chi connectivity index (χ0n) is 18.9. The zero-order valence-corrected chi connectivity index (χ0v) is 18.9. The van der Waals surface area contributed by atoms with Crippen molar-refractivity contribution in [2.45, 2.75) is 51.5 Å². The van der Waals surface area contributed by atoms with E-state index in [1.165, 1.54) is 11.6 Å². The second kappa shape index (κ2) is 10.3. The van der Waals surface area contributed by atoms with Gasteiger partial charge in [0, 0.05) is 44.5 Å². The van der Waals surface area contributed by atoms with Crippen LogP contribution in [0.3, 0.4) is 0 Å². The van der Waals surface area contributed by atoms with Crippen molar-refractivity contribution >= 4 is 17.4 Å². The van der Waals surface area contributed by atoms with E-state index in [0.29, 0.717) is 24.5 Å². The lowest BCUT2D eigenvalue weighted by Crippen LogP contribution is -2.46. The molecule has 6 nitrogen and oxygen atoms in total. The van der Waals surface area contributed by atoms with Crippen LogP contribution in [0.15, 0.2) is 48.5 Å². The first-order valence-corrected chi connectivity index (χ1v) is 11.5. The molecule has 172 valence electrons. The number of morpholine rings is 1. The highest BCUT2D eigenvalue weighted by Crippen LogP contribution is 2.26. The van der Waals surface area contributed by atoms with Crippen molar-refractivity contribution in [3.05, 3.63) is 59.9 Å². The number of benzene rings is 2. The summed E-state index contributed by atoms with van der Waals surface area (Å²) in [4.78, 5) is 16.9. The number of nitrogens with one attached hydrogen (secondary N) is 2. The molecule has 0 aliphatic carbocycles. The molecule has 0 spiro atoms. The maximum atomic E-state index is 14.8. The Hall–Kier alpha value is -2.64. The number of carbonyl (C=O) groups excluding carboxylic acids is 1. The molecule has 7 heteroatoms. The number of halogens is 1. The third-order valence-electron chi connectivity index (χ3n) is 6.14. The van der Waals surface area contributed by atoms with Crippen molar-refractivity contribution in [2.75, 3.05) is 36.4 Å². The van der Waals surface area contributed by atoms with Crippen molar-refractivity contribution in [3.63, 3.8) is 0 Å². The van der Waals surface area contributed by atoms with Crippen LogP contribution in [0.1, 0.15) is 32.3 Å². The number of urea groups is 1. The van der Waals surface area contributed by atoms with Gasteiger partial charge in [-0.25, -0.2) is 9.18 Å². The van der Waals surface area contributed by atoms with Crippen LogP contribution < -0.4 is 15.5 Å². The Balaban J connectivity index is 1.25. The number of anilines is 2. The average Bonchev–Trinajstić information content (AvgIpc) is 2.75. The molecule has 2 aromatic rings. The average molecular weight is 441 g/mol. The van der Waals surface area contributed by atoms with Gasteiger partial charge in [0.2, 0.25) is 0 Å². The van der Waals surface area contributed by atoms with Gasteiger partial charge >= 0.3 is 6.03 Å². The Morgan fingerprint density at radius 3 is 2.41 bits per heavy atom. The summed E-state index contributed by atoms with van der Waals surface area (Å²) in [6.45, 7) is 8.11. The molecule has 2 aliphatic rings. The van der Waals surface area contributed by atoms with Crippen molar-refractivity contribution in [1.82, 2.24) is 10.2 Å². The van der Waals surface area contributed by atoms with Gasteiger partial charge in [-0.1, -0.05) is 30.3 Å². The number of ether oxygens (including phenoxy) is 1. The van der Waals surface area contributed by atoms with Crippen LogP contribution in [0.25, 0.3) is 0 Å². The Bertz CT molecular complexity index is 892. The molecule has 2 heterocycles. The highest BCUT2D eigenvalue weighted by molar-refractivity contribution is 5.89. The van der Waals surface area contributed by atoms with Crippen LogP contribution in [0.2, 0.25) is 0 Å². The Labute approximate surface area is 189 Å². The molecule has 0 saturated carbocycles. The minimum atomic E-state index is -0.335. The fourth-order valence-electron chi connectivity index (χ4n) is 4.65. The zero-order chi connectivity index (χ0) is 22.5. The second-order valence-corrected chi connectivity index (χ2v) is 8.96. The lowest BCUT2D eigenvalue weighted by molar-refractivity contribution is -0.00539. The summed E-state index contributed by atoms with van der Waals surface area (Å²) >= 11 is 0.